The highest BCUT2D eigenvalue weighted by Crippen LogP contribution is 2.50. The number of hydrogen-bond acceptors (Lipinski definition) is 2. The first-order valence-electron chi connectivity index (χ1n) is 21.5. The van der Waals surface area contributed by atoms with Crippen molar-refractivity contribution in [3.8, 4) is 50.2 Å². The number of fused-ring (bicyclic) bond motifs is 6. The van der Waals surface area contributed by atoms with Gasteiger partial charge in [0.2, 0.25) is 0 Å². The zero-order valence-corrected chi connectivity index (χ0v) is 34.4. The van der Waals surface area contributed by atoms with Crippen LogP contribution in [0.3, 0.4) is 0 Å². The van der Waals surface area contributed by atoms with Crippen molar-refractivity contribution in [1.82, 2.24) is 4.57 Å². The normalized spacial score (nSPS) is 11.5. The van der Waals surface area contributed by atoms with E-state index in [4.69, 9.17) is 4.42 Å². The van der Waals surface area contributed by atoms with Gasteiger partial charge in [0.05, 0.1) is 22.4 Å². The van der Waals surface area contributed by atoms with E-state index in [0.29, 0.717) is 0 Å². The van der Waals surface area contributed by atoms with Crippen LogP contribution in [0.25, 0.3) is 93.9 Å². The summed E-state index contributed by atoms with van der Waals surface area (Å²) in [5.74, 6) is 0. The lowest BCUT2D eigenvalue weighted by Gasteiger charge is -2.30. The van der Waals surface area contributed by atoms with E-state index in [0.717, 1.165) is 78.1 Å². The zero-order chi connectivity index (χ0) is 41.7. The molecule has 0 fully saturated rings. The molecule has 0 amide bonds. The Labute approximate surface area is 366 Å². The first-order valence-corrected chi connectivity index (χ1v) is 21.5. The first-order chi connectivity index (χ1) is 31.3. The van der Waals surface area contributed by atoms with Crippen LogP contribution in [-0.2, 0) is 0 Å². The molecule has 3 heteroatoms. The van der Waals surface area contributed by atoms with Crippen molar-refractivity contribution in [2.24, 2.45) is 0 Å². The molecule has 10 aromatic carbocycles. The molecule has 0 bridgehead atoms. The van der Waals surface area contributed by atoms with Gasteiger partial charge in [-0.25, -0.2) is 0 Å². The second-order valence-corrected chi connectivity index (χ2v) is 16.0. The van der Waals surface area contributed by atoms with Gasteiger partial charge in [0.15, 0.2) is 5.58 Å². The molecule has 2 aromatic heterocycles. The van der Waals surface area contributed by atoms with Crippen LogP contribution < -0.4 is 4.90 Å². The Kier molecular flexibility index (Phi) is 8.83. The van der Waals surface area contributed by atoms with Crippen molar-refractivity contribution >= 4 is 60.8 Å². The Morgan fingerprint density at radius 1 is 0.333 bits per heavy atom. The predicted octanol–water partition coefficient (Wildman–Crippen LogP) is 16.8. The van der Waals surface area contributed by atoms with Crippen molar-refractivity contribution in [1.29, 1.82) is 0 Å². The average molecular weight is 805 g/mol. The summed E-state index contributed by atoms with van der Waals surface area (Å²) in [6.07, 6.45) is 0. The number of para-hydroxylation sites is 4. The molecule has 296 valence electrons. The van der Waals surface area contributed by atoms with E-state index < -0.39 is 0 Å². The topological polar surface area (TPSA) is 21.3 Å². The summed E-state index contributed by atoms with van der Waals surface area (Å²) in [7, 11) is 0. The number of benzene rings is 10. The summed E-state index contributed by atoms with van der Waals surface area (Å²) in [6, 6.07) is 87.1. The van der Waals surface area contributed by atoms with Gasteiger partial charge >= 0.3 is 0 Å². The highest BCUT2D eigenvalue weighted by Gasteiger charge is 2.25. The number of aromatic nitrogens is 1. The van der Waals surface area contributed by atoms with Crippen LogP contribution in [0, 0.1) is 0 Å². The molecule has 3 nitrogen and oxygen atoms in total. The van der Waals surface area contributed by atoms with Gasteiger partial charge in [-0.1, -0.05) is 188 Å². The lowest BCUT2D eigenvalue weighted by atomic mass is 9.87. The van der Waals surface area contributed by atoms with E-state index in [2.05, 4.69) is 246 Å². The van der Waals surface area contributed by atoms with Crippen molar-refractivity contribution in [3.63, 3.8) is 0 Å². The van der Waals surface area contributed by atoms with Crippen LogP contribution in [0.5, 0.6) is 0 Å². The van der Waals surface area contributed by atoms with Crippen LogP contribution >= 0.6 is 0 Å². The Balaban J connectivity index is 1.07. The van der Waals surface area contributed by atoms with Gasteiger partial charge in [0.25, 0.3) is 0 Å². The Morgan fingerprint density at radius 2 is 0.857 bits per heavy atom. The van der Waals surface area contributed by atoms with Crippen LogP contribution in [-0.4, -0.2) is 4.57 Å². The van der Waals surface area contributed by atoms with Gasteiger partial charge in [-0.05, 0) is 93.5 Å². The Hall–Kier alpha value is -8.40. The minimum Gasteiger partial charge on any atom is -0.454 e. The van der Waals surface area contributed by atoms with E-state index >= 15 is 0 Å². The summed E-state index contributed by atoms with van der Waals surface area (Å²) in [4.78, 5) is 2.40. The zero-order valence-electron chi connectivity index (χ0n) is 34.4. The van der Waals surface area contributed by atoms with E-state index in [1.54, 1.807) is 0 Å². The summed E-state index contributed by atoms with van der Waals surface area (Å²) in [5, 5.41) is 4.69. The average Bonchev–Trinajstić information content (AvgIpc) is 3.91. The number of anilines is 3. The molecule has 0 N–H and O–H groups in total. The quantitative estimate of drug-likeness (QED) is 0.153. The van der Waals surface area contributed by atoms with Crippen molar-refractivity contribution < 1.29 is 4.42 Å². The molecule has 0 aliphatic carbocycles. The number of hydrogen-bond donors (Lipinski definition) is 0. The Bertz CT molecular complexity index is 3570. The number of nitrogens with zero attached hydrogens (tertiary/aromatic N) is 2. The van der Waals surface area contributed by atoms with Crippen LogP contribution in [0.4, 0.5) is 17.1 Å². The molecule has 63 heavy (non-hydrogen) atoms. The third-order valence-corrected chi connectivity index (χ3v) is 12.4. The number of rotatable bonds is 8. The molecule has 0 radical (unpaired) electrons. The molecule has 0 saturated heterocycles. The minimum atomic E-state index is 0.842. The molecule has 0 aliphatic heterocycles. The van der Waals surface area contributed by atoms with Gasteiger partial charge < -0.3 is 13.9 Å². The third kappa shape index (κ3) is 6.21. The van der Waals surface area contributed by atoms with Crippen molar-refractivity contribution in [2.45, 2.75) is 0 Å². The van der Waals surface area contributed by atoms with Crippen molar-refractivity contribution in [2.75, 3.05) is 4.90 Å². The largest absolute Gasteiger partial charge is 0.454 e. The summed E-state index contributed by atoms with van der Waals surface area (Å²) >= 11 is 0. The Morgan fingerprint density at radius 3 is 1.59 bits per heavy atom. The lowest BCUT2D eigenvalue weighted by Crippen LogP contribution is -2.12. The fourth-order valence-electron chi connectivity index (χ4n) is 9.58. The molecule has 0 saturated carbocycles. The maximum absolute atomic E-state index is 6.82. The smallest absolute Gasteiger partial charge is 0.159 e. The number of furan rings is 1. The second-order valence-electron chi connectivity index (χ2n) is 16.0. The molecule has 12 aromatic rings. The van der Waals surface area contributed by atoms with E-state index in [1.807, 2.05) is 6.07 Å². The second kappa shape index (κ2) is 15.3. The van der Waals surface area contributed by atoms with Crippen molar-refractivity contribution in [3.05, 3.63) is 243 Å². The SMILES string of the molecule is c1ccc(-c2ccccc2-c2c(-c3ccccc3)cccc2N(c2ccc(-c3cccc(-n4c5ccccc5c5ccccc54)c3)cc2)c2cccc3c2oc2ccccc23)cc1. The first kappa shape index (κ1) is 36.5. The lowest BCUT2D eigenvalue weighted by molar-refractivity contribution is 0.669. The summed E-state index contributed by atoms with van der Waals surface area (Å²) in [5.41, 5.74) is 17.5. The van der Waals surface area contributed by atoms with Crippen LogP contribution in [0.2, 0.25) is 0 Å². The predicted molar refractivity (Wildman–Crippen MR) is 264 cm³/mol. The summed E-state index contributed by atoms with van der Waals surface area (Å²) in [6.45, 7) is 0. The molecule has 12 rings (SSSR count). The fraction of sp³-hybridized carbons (Fsp3) is 0. The fourth-order valence-corrected chi connectivity index (χ4v) is 9.58. The van der Waals surface area contributed by atoms with Gasteiger partial charge in [-0.2, -0.15) is 0 Å². The van der Waals surface area contributed by atoms with E-state index in [9.17, 15) is 0 Å². The van der Waals surface area contributed by atoms with Gasteiger partial charge in [-0.3, -0.25) is 0 Å². The molecule has 0 unspecified atom stereocenters. The van der Waals surface area contributed by atoms with Gasteiger partial charge in [0, 0.05) is 38.5 Å². The van der Waals surface area contributed by atoms with E-state index in [1.165, 1.54) is 32.9 Å². The molecule has 0 atom stereocenters. The minimum absolute atomic E-state index is 0.842. The van der Waals surface area contributed by atoms with Crippen LogP contribution in [0.1, 0.15) is 0 Å². The standard InChI is InChI=1S/C60H40N2O/c1-3-18-42(19-4-1)47-24-7-8-28-52(47)59-48(43-20-5-2-6-21-43)29-16-33-56(59)61(57-34-17-30-53-51-27-11-14-35-58(51)63-60(53)57)45-38-36-41(37-39-45)44-22-15-23-46(40-44)62-54-31-12-9-25-49(54)50-26-10-13-32-55(50)62/h1-40H. The molecule has 0 aliphatic rings. The molecular formula is C60H40N2O. The maximum Gasteiger partial charge on any atom is 0.159 e. The molecule has 0 spiro atoms. The van der Waals surface area contributed by atoms with Gasteiger partial charge in [-0.15, -0.1) is 0 Å². The van der Waals surface area contributed by atoms with Gasteiger partial charge in [0.1, 0.15) is 5.58 Å². The van der Waals surface area contributed by atoms with Crippen LogP contribution in [0.15, 0.2) is 247 Å². The maximum atomic E-state index is 6.82. The highest BCUT2D eigenvalue weighted by molar-refractivity contribution is 6.12. The monoisotopic (exact) mass is 804 g/mol. The summed E-state index contributed by atoms with van der Waals surface area (Å²) < 4.78 is 9.20. The molecule has 2 heterocycles. The third-order valence-electron chi connectivity index (χ3n) is 12.4. The molecular weight excluding hydrogens is 765 g/mol. The van der Waals surface area contributed by atoms with E-state index in [-0.39, 0.29) is 0 Å². The highest BCUT2D eigenvalue weighted by atomic mass is 16.3.